The molecule has 0 aliphatic heterocycles. The van der Waals surface area contributed by atoms with Crippen molar-refractivity contribution in [2.24, 2.45) is 0 Å². The summed E-state index contributed by atoms with van der Waals surface area (Å²) >= 11 is 0. The maximum atomic E-state index is 12.9. The van der Waals surface area contributed by atoms with E-state index in [-0.39, 0.29) is 22.5 Å². The number of benzene rings is 1. The molecule has 9 heteroatoms. The van der Waals surface area contributed by atoms with Crippen LogP contribution in [0, 0.1) is 0 Å². The second-order valence-corrected chi connectivity index (χ2v) is 12.9. The van der Waals surface area contributed by atoms with Gasteiger partial charge in [-0.3, -0.25) is 9.36 Å². The predicted molar refractivity (Wildman–Crippen MR) is 102 cm³/mol. The normalized spacial score (nSPS) is 13.3. The van der Waals surface area contributed by atoms with Gasteiger partial charge >= 0.3 is 11.9 Å². The van der Waals surface area contributed by atoms with Crippen LogP contribution >= 0.6 is 0 Å². The van der Waals surface area contributed by atoms with Gasteiger partial charge in [-0.1, -0.05) is 20.8 Å². The number of aromatic amines is 1. The Bertz CT molecular complexity index is 940. The van der Waals surface area contributed by atoms with Crippen LogP contribution in [0.4, 0.5) is 13.2 Å². The molecular formula is C18H25F3N2O3Si. The Morgan fingerprint density at radius 3 is 2.33 bits per heavy atom. The van der Waals surface area contributed by atoms with Gasteiger partial charge in [-0.05, 0) is 42.8 Å². The minimum atomic E-state index is -4.56. The van der Waals surface area contributed by atoms with Crippen molar-refractivity contribution in [3.63, 3.8) is 0 Å². The zero-order chi connectivity index (χ0) is 20.6. The van der Waals surface area contributed by atoms with Gasteiger partial charge in [0, 0.05) is 13.2 Å². The summed E-state index contributed by atoms with van der Waals surface area (Å²) in [5.74, 6) is 0. The van der Waals surface area contributed by atoms with Gasteiger partial charge in [0.2, 0.25) is 0 Å². The van der Waals surface area contributed by atoms with Gasteiger partial charge < -0.3 is 9.41 Å². The SMILES string of the molecule is CC(C)(C)[Si](C)(C)OCCCn1c(=O)[nH]c2ccc(C(F)(F)F)cc2c1=O. The van der Waals surface area contributed by atoms with Crippen LogP contribution in [0.25, 0.3) is 10.9 Å². The molecule has 5 nitrogen and oxygen atoms in total. The molecule has 2 rings (SSSR count). The first-order valence-corrected chi connectivity index (χ1v) is 11.6. The summed E-state index contributed by atoms with van der Waals surface area (Å²) in [4.78, 5) is 27.1. The van der Waals surface area contributed by atoms with Crippen molar-refractivity contribution in [3.05, 3.63) is 44.6 Å². The summed E-state index contributed by atoms with van der Waals surface area (Å²) in [7, 11) is -1.94. The van der Waals surface area contributed by atoms with Gasteiger partial charge in [-0.2, -0.15) is 13.2 Å². The Morgan fingerprint density at radius 2 is 1.78 bits per heavy atom. The number of nitrogens with zero attached hydrogens (tertiary/aromatic N) is 1. The summed E-state index contributed by atoms with van der Waals surface area (Å²) in [5.41, 5.74) is -2.20. The van der Waals surface area contributed by atoms with E-state index in [4.69, 9.17) is 4.43 Å². The van der Waals surface area contributed by atoms with Crippen LogP contribution in [0.1, 0.15) is 32.8 Å². The van der Waals surface area contributed by atoms with Gasteiger partial charge in [-0.25, -0.2) is 4.79 Å². The van der Waals surface area contributed by atoms with E-state index in [9.17, 15) is 22.8 Å². The van der Waals surface area contributed by atoms with Crippen molar-refractivity contribution in [1.82, 2.24) is 9.55 Å². The molecule has 27 heavy (non-hydrogen) atoms. The minimum Gasteiger partial charge on any atom is -0.417 e. The van der Waals surface area contributed by atoms with E-state index in [2.05, 4.69) is 38.8 Å². The summed E-state index contributed by atoms with van der Waals surface area (Å²) in [5, 5.41) is -0.118. The highest BCUT2D eigenvalue weighted by Crippen LogP contribution is 2.36. The third-order valence-corrected chi connectivity index (χ3v) is 9.64. The average Bonchev–Trinajstić information content (AvgIpc) is 2.51. The second kappa shape index (κ2) is 7.27. The average molecular weight is 402 g/mol. The lowest BCUT2D eigenvalue weighted by molar-refractivity contribution is -0.137. The molecule has 0 aliphatic carbocycles. The molecule has 0 spiro atoms. The van der Waals surface area contributed by atoms with Crippen LogP contribution in [0.3, 0.4) is 0 Å². The van der Waals surface area contributed by atoms with Crippen LogP contribution in [-0.2, 0) is 17.1 Å². The monoisotopic (exact) mass is 402 g/mol. The molecule has 0 amide bonds. The Morgan fingerprint density at radius 1 is 1.15 bits per heavy atom. The highest BCUT2D eigenvalue weighted by molar-refractivity contribution is 6.74. The fraction of sp³-hybridized carbons (Fsp3) is 0.556. The molecule has 1 heterocycles. The molecule has 0 saturated carbocycles. The molecule has 0 radical (unpaired) electrons. The lowest BCUT2D eigenvalue weighted by atomic mass is 10.1. The van der Waals surface area contributed by atoms with E-state index >= 15 is 0 Å². The molecule has 1 aromatic carbocycles. The Hall–Kier alpha value is -1.87. The number of hydrogen-bond donors (Lipinski definition) is 1. The third kappa shape index (κ3) is 4.70. The van der Waals surface area contributed by atoms with Gasteiger partial charge in [-0.15, -0.1) is 0 Å². The number of hydrogen-bond acceptors (Lipinski definition) is 3. The van der Waals surface area contributed by atoms with E-state index < -0.39 is 31.3 Å². The topological polar surface area (TPSA) is 64.1 Å². The van der Waals surface area contributed by atoms with Crippen molar-refractivity contribution in [2.75, 3.05) is 6.61 Å². The zero-order valence-corrected chi connectivity index (χ0v) is 17.2. The van der Waals surface area contributed by atoms with E-state index in [0.29, 0.717) is 13.0 Å². The second-order valence-electron chi connectivity index (χ2n) is 8.11. The number of halogens is 3. The molecule has 0 aliphatic rings. The Kier molecular flexibility index (Phi) is 5.77. The van der Waals surface area contributed by atoms with Gasteiger partial charge in [0.25, 0.3) is 5.56 Å². The molecule has 0 saturated heterocycles. The lowest BCUT2D eigenvalue weighted by Crippen LogP contribution is -2.41. The van der Waals surface area contributed by atoms with E-state index in [1.54, 1.807) is 0 Å². The van der Waals surface area contributed by atoms with Crippen LogP contribution in [0.2, 0.25) is 18.1 Å². The summed E-state index contributed by atoms with van der Waals surface area (Å²) in [6.45, 7) is 11.0. The van der Waals surface area contributed by atoms with Gasteiger partial charge in [0.1, 0.15) is 0 Å². The highest BCUT2D eigenvalue weighted by atomic mass is 28.4. The van der Waals surface area contributed by atoms with E-state index in [0.717, 1.165) is 22.8 Å². The van der Waals surface area contributed by atoms with Crippen molar-refractivity contribution in [2.45, 2.75) is 58.0 Å². The van der Waals surface area contributed by atoms with E-state index in [1.807, 2.05) is 0 Å². The van der Waals surface area contributed by atoms with Gasteiger partial charge in [0.05, 0.1) is 16.5 Å². The molecule has 0 unspecified atom stereocenters. The summed E-state index contributed by atoms with van der Waals surface area (Å²) in [6.07, 6.45) is -4.14. The fourth-order valence-electron chi connectivity index (χ4n) is 2.40. The number of aromatic nitrogens is 2. The molecular weight excluding hydrogens is 377 g/mol. The summed E-state index contributed by atoms with van der Waals surface area (Å²) < 4.78 is 45.6. The third-order valence-electron chi connectivity index (χ3n) is 5.10. The van der Waals surface area contributed by atoms with Crippen molar-refractivity contribution >= 4 is 19.2 Å². The Balaban J connectivity index is 2.24. The first-order chi connectivity index (χ1) is 12.2. The molecule has 1 N–H and O–H groups in total. The largest absolute Gasteiger partial charge is 0.417 e. The maximum Gasteiger partial charge on any atom is 0.416 e. The predicted octanol–water partition coefficient (Wildman–Crippen LogP) is 4.12. The maximum absolute atomic E-state index is 12.9. The Labute approximate surface area is 156 Å². The van der Waals surface area contributed by atoms with Crippen LogP contribution < -0.4 is 11.2 Å². The number of alkyl halides is 3. The number of H-pyrrole nitrogens is 1. The smallest absolute Gasteiger partial charge is 0.416 e. The van der Waals surface area contributed by atoms with Crippen molar-refractivity contribution in [1.29, 1.82) is 0 Å². The number of rotatable bonds is 5. The van der Waals surface area contributed by atoms with Crippen molar-refractivity contribution in [3.8, 4) is 0 Å². The van der Waals surface area contributed by atoms with Gasteiger partial charge in [0.15, 0.2) is 8.32 Å². The van der Waals surface area contributed by atoms with Crippen molar-refractivity contribution < 1.29 is 17.6 Å². The first-order valence-electron chi connectivity index (χ1n) is 8.72. The molecule has 150 valence electrons. The van der Waals surface area contributed by atoms with E-state index in [1.165, 1.54) is 0 Å². The minimum absolute atomic E-state index is 0.0399. The highest BCUT2D eigenvalue weighted by Gasteiger charge is 2.36. The fourth-order valence-corrected chi connectivity index (χ4v) is 3.48. The molecule has 0 bridgehead atoms. The quantitative estimate of drug-likeness (QED) is 0.604. The first kappa shape index (κ1) is 21.4. The molecule has 0 fully saturated rings. The zero-order valence-electron chi connectivity index (χ0n) is 16.2. The van der Waals surface area contributed by atoms with Crippen LogP contribution in [0.15, 0.2) is 27.8 Å². The number of nitrogens with one attached hydrogen (secondary N) is 1. The lowest BCUT2D eigenvalue weighted by Gasteiger charge is -2.36. The molecule has 2 aromatic rings. The molecule has 1 aromatic heterocycles. The summed E-state index contributed by atoms with van der Waals surface area (Å²) in [6, 6.07) is 2.72. The van der Waals surface area contributed by atoms with Crippen LogP contribution in [0.5, 0.6) is 0 Å². The number of fused-ring (bicyclic) bond motifs is 1. The van der Waals surface area contributed by atoms with Crippen LogP contribution in [-0.4, -0.2) is 24.5 Å². The standard InChI is InChI=1S/C18H25F3N2O3Si/c1-17(2,3)27(4,5)26-10-6-9-23-15(24)13-11-12(18(19,20)21)7-8-14(13)22-16(23)25/h7-8,11H,6,9-10H2,1-5H3,(H,22,25). The molecule has 0 atom stereocenters.